The molecule has 2 N–H and O–H groups in total. The van der Waals surface area contributed by atoms with Crippen LogP contribution >= 0.6 is 0 Å². The summed E-state index contributed by atoms with van der Waals surface area (Å²) in [7, 11) is 1.55. The molecule has 0 amide bonds. The fraction of sp³-hybridized carbons (Fsp3) is 0.320. The largest absolute Gasteiger partial charge is 0.504 e. The van der Waals surface area contributed by atoms with Crippen molar-refractivity contribution in [2.24, 2.45) is 0 Å². The summed E-state index contributed by atoms with van der Waals surface area (Å²) >= 11 is 0. The number of hydrogen-bond acceptors (Lipinski definition) is 6. The van der Waals surface area contributed by atoms with Crippen LogP contribution < -0.4 is 15.7 Å². The molecule has 162 valence electrons. The second-order valence-corrected chi connectivity index (χ2v) is 8.04. The zero-order valence-corrected chi connectivity index (χ0v) is 17.9. The third-order valence-electron chi connectivity index (χ3n) is 5.71. The number of methoxy groups -OCH3 is 1. The quantitative estimate of drug-likeness (QED) is 0.576. The predicted octanol–water partition coefficient (Wildman–Crippen LogP) is 4.41. The summed E-state index contributed by atoms with van der Waals surface area (Å²) in [5.41, 5.74) is 2.97. The number of piperidine rings is 1. The van der Waals surface area contributed by atoms with E-state index in [1.807, 2.05) is 49.4 Å². The Kier molecular flexibility index (Phi) is 6.28. The van der Waals surface area contributed by atoms with Gasteiger partial charge in [0.1, 0.15) is 11.3 Å². The summed E-state index contributed by atoms with van der Waals surface area (Å²) < 4.78 is 10.6. The molecule has 3 aromatic rings. The number of aromatic hydroxyl groups is 1. The lowest BCUT2D eigenvalue weighted by Gasteiger charge is -2.31. The molecule has 1 aliphatic heterocycles. The summed E-state index contributed by atoms with van der Waals surface area (Å²) in [5.74, 6) is 0.618. The molecular formula is C25H28N2O4. The summed E-state index contributed by atoms with van der Waals surface area (Å²) in [5, 5.41) is 14.0. The first-order chi connectivity index (χ1) is 15.0. The first kappa shape index (κ1) is 21.0. The fourth-order valence-electron chi connectivity index (χ4n) is 3.96. The van der Waals surface area contributed by atoms with Crippen molar-refractivity contribution in [1.82, 2.24) is 4.90 Å². The Morgan fingerprint density at radius 1 is 1.19 bits per heavy atom. The molecule has 1 aromatic heterocycles. The highest BCUT2D eigenvalue weighted by Crippen LogP contribution is 2.27. The van der Waals surface area contributed by atoms with Crippen LogP contribution in [0, 0.1) is 6.92 Å². The van der Waals surface area contributed by atoms with Crippen molar-refractivity contribution in [2.75, 3.05) is 32.1 Å². The number of hydrogen-bond donors (Lipinski definition) is 2. The maximum Gasteiger partial charge on any atom is 0.359 e. The summed E-state index contributed by atoms with van der Waals surface area (Å²) in [6.45, 7) is 4.80. The number of fused-ring (bicyclic) bond motifs is 1. The highest BCUT2D eigenvalue weighted by atomic mass is 16.5. The molecule has 1 saturated heterocycles. The van der Waals surface area contributed by atoms with Crippen molar-refractivity contribution in [2.45, 2.75) is 25.8 Å². The van der Waals surface area contributed by atoms with Gasteiger partial charge in [-0.25, -0.2) is 4.79 Å². The van der Waals surface area contributed by atoms with E-state index in [2.05, 4.69) is 16.3 Å². The second-order valence-electron chi connectivity index (χ2n) is 8.04. The number of phenols is 1. The van der Waals surface area contributed by atoms with E-state index >= 15 is 0 Å². The van der Waals surface area contributed by atoms with E-state index in [0.717, 1.165) is 49.0 Å². The predicted molar refractivity (Wildman–Crippen MR) is 124 cm³/mol. The molecule has 4 rings (SSSR count). The Labute approximate surface area is 181 Å². The lowest BCUT2D eigenvalue weighted by Crippen LogP contribution is -2.39. The molecule has 1 aliphatic rings. The van der Waals surface area contributed by atoms with Crippen LogP contribution in [0.25, 0.3) is 17.0 Å². The molecule has 2 aromatic carbocycles. The minimum atomic E-state index is -0.314. The number of benzene rings is 2. The molecule has 1 fully saturated rings. The number of phenolic OH excluding ortho intramolecular Hbond substituents is 1. The van der Waals surface area contributed by atoms with Crippen molar-refractivity contribution in [1.29, 1.82) is 0 Å². The number of aryl methyl sites for hydroxylation is 1. The summed E-state index contributed by atoms with van der Waals surface area (Å²) in [6.07, 6.45) is 6.09. The second kappa shape index (κ2) is 9.27. The monoisotopic (exact) mass is 420 g/mol. The van der Waals surface area contributed by atoms with Crippen molar-refractivity contribution in [3.63, 3.8) is 0 Å². The first-order valence-corrected chi connectivity index (χ1v) is 10.6. The zero-order valence-electron chi connectivity index (χ0n) is 17.9. The van der Waals surface area contributed by atoms with Gasteiger partial charge in [-0.1, -0.05) is 29.8 Å². The highest BCUT2D eigenvalue weighted by Gasteiger charge is 2.19. The maximum atomic E-state index is 12.3. The number of rotatable bonds is 6. The van der Waals surface area contributed by atoms with E-state index in [1.54, 1.807) is 13.2 Å². The Morgan fingerprint density at radius 3 is 2.77 bits per heavy atom. The number of likely N-dealkylation sites (tertiary alicyclic amines) is 1. The Bertz CT molecular complexity index is 1140. The molecule has 2 heterocycles. The molecule has 6 heteroatoms. The standard InChI is InChI=1S/C25H28N2O4/c1-17-5-8-23-19(14-17)16-21(25(29)31-23)26-20-9-12-27(13-10-20)11-3-4-18-6-7-22(28)24(15-18)30-2/h3-8,14-16,20,26,28H,9-13H2,1-2H3. The summed E-state index contributed by atoms with van der Waals surface area (Å²) in [4.78, 5) is 14.7. The van der Waals surface area contributed by atoms with Gasteiger partial charge in [0.15, 0.2) is 11.5 Å². The van der Waals surface area contributed by atoms with E-state index in [0.29, 0.717) is 17.0 Å². The van der Waals surface area contributed by atoms with Crippen LogP contribution in [0.15, 0.2) is 57.8 Å². The molecular weight excluding hydrogens is 392 g/mol. The molecule has 0 saturated carbocycles. The molecule has 31 heavy (non-hydrogen) atoms. The minimum absolute atomic E-state index is 0.143. The smallest absolute Gasteiger partial charge is 0.359 e. The van der Waals surface area contributed by atoms with Gasteiger partial charge in [0.25, 0.3) is 0 Å². The van der Waals surface area contributed by atoms with Crippen LogP contribution in [0.5, 0.6) is 11.5 Å². The van der Waals surface area contributed by atoms with Crippen molar-refractivity contribution in [3.05, 3.63) is 70.1 Å². The number of anilines is 1. The van der Waals surface area contributed by atoms with Crippen LogP contribution in [-0.2, 0) is 0 Å². The van der Waals surface area contributed by atoms with Gasteiger partial charge in [-0.05, 0) is 55.7 Å². The average molecular weight is 421 g/mol. The van der Waals surface area contributed by atoms with E-state index in [1.165, 1.54) is 0 Å². The van der Waals surface area contributed by atoms with Gasteiger partial charge >= 0.3 is 5.63 Å². The van der Waals surface area contributed by atoms with Crippen molar-refractivity contribution < 1.29 is 14.3 Å². The normalized spacial score (nSPS) is 15.5. The lowest BCUT2D eigenvalue weighted by atomic mass is 10.0. The van der Waals surface area contributed by atoms with Gasteiger partial charge in [0.2, 0.25) is 0 Å². The van der Waals surface area contributed by atoms with Crippen LogP contribution in [0.4, 0.5) is 5.69 Å². The Balaban J connectivity index is 1.31. The average Bonchev–Trinajstić information content (AvgIpc) is 2.77. The fourth-order valence-corrected chi connectivity index (χ4v) is 3.96. The molecule has 0 unspecified atom stereocenters. The highest BCUT2D eigenvalue weighted by molar-refractivity contribution is 5.80. The number of nitrogens with one attached hydrogen (secondary N) is 1. The third-order valence-corrected chi connectivity index (χ3v) is 5.71. The van der Waals surface area contributed by atoms with Crippen molar-refractivity contribution >= 4 is 22.7 Å². The molecule has 0 aliphatic carbocycles. The third kappa shape index (κ3) is 5.09. The minimum Gasteiger partial charge on any atom is -0.504 e. The summed E-state index contributed by atoms with van der Waals surface area (Å²) in [6, 6.07) is 13.3. The molecule has 0 spiro atoms. The topological polar surface area (TPSA) is 74.9 Å². The van der Waals surface area contributed by atoms with Gasteiger partial charge in [-0.2, -0.15) is 0 Å². The van der Waals surface area contributed by atoms with E-state index in [4.69, 9.17) is 9.15 Å². The van der Waals surface area contributed by atoms with E-state index in [-0.39, 0.29) is 17.4 Å². The van der Waals surface area contributed by atoms with Crippen LogP contribution in [-0.4, -0.2) is 42.8 Å². The van der Waals surface area contributed by atoms with Gasteiger partial charge < -0.3 is 19.6 Å². The molecule has 0 bridgehead atoms. The molecule has 0 atom stereocenters. The number of ether oxygens (including phenoxy) is 1. The van der Waals surface area contributed by atoms with E-state index < -0.39 is 0 Å². The maximum absolute atomic E-state index is 12.3. The van der Waals surface area contributed by atoms with Gasteiger partial charge in [0.05, 0.1) is 7.11 Å². The van der Waals surface area contributed by atoms with Crippen LogP contribution in [0.2, 0.25) is 0 Å². The Hall–Kier alpha value is -3.25. The van der Waals surface area contributed by atoms with Gasteiger partial charge in [-0.3, -0.25) is 4.90 Å². The number of nitrogens with zero attached hydrogens (tertiary/aromatic N) is 1. The van der Waals surface area contributed by atoms with Crippen LogP contribution in [0.3, 0.4) is 0 Å². The van der Waals surface area contributed by atoms with Crippen molar-refractivity contribution in [3.8, 4) is 11.5 Å². The van der Waals surface area contributed by atoms with Gasteiger partial charge in [0, 0.05) is 31.1 Å². The molecule has 6 nitrogen and oxygen atoms in total. The molecule has 0 radical (unpaired) electrons. The van der Waals surface area contributed by atoms with Crippen LogP contribution in [0.1, 0.15) is 24.0 Å². The first-order valence-electron chi connectivity index (χ1n) is 10.6. The lowest BCUT2D eigenvalue weighted by molar-refractivity contribution is 0.240. The zero-order chi connectivity index (χ0) is 21.8. The van der Waals surface area contributed by atoms with Gasteiger partial charge in [-0.15, -0.1) is 0 Å². The Morgan fingerprint density at radius 2 is 2.00 bits per heavy atom. The van der Waals surface area contributed by atoms with E-state index in [9.17, 15) is 9.90 Å². The SMILES string of the molecule is COc1cc(C=CCN2CCC(Nc3cc4cc(C)ccc4oc3=O)CC2)ccc1O.